The van der Waals surface area contributed by atoms with Crippen molar-refractivity contribution in [3.63, 3.8) is 0 Å². The number of nitrogens with zero attached hydrogens (tertiary/aromatic N) is 1. The van der Waals surface area contributed by atoms with Crippen molar-refractivity contribution < 1.29 is 4.74 Å². The lowest BCUT2D eigenvalue weighted by Crippen LogP contribution is -2.36. The van der Waals surface area contributed by atoms with Crippen LogP contribution in [0.1, 0.15) is 31.5 Å². The summed E-state index contributed by atoms with van der Waals surface area (Å²) in [7, 11) is 1.81. The smallest absolute Gasteiger partial charge is 0.121 e. The third-order valence-electron chi connectivity index (χ3n) is 3.96. The number of rotatable bonds is 4. The maximum atomic E-state index is 5.46. The average Bonchev–Trinajstić information content (AvgIpc) is 2.88. The van der Waals surface area contributed by atoms with Gasteiger partial charge in [-0.2, -0.15) is 0 Å². The minimum atomic E-state index is 0.418. The van der Waals surface area contributed by atoms with Crippen LogP contribution in [-0.4, -0.2) is 29.2 Å². The molecule has 1 aliphatic carbocycles. The molecule has 0 radical (unpaired) electrons. The number of para-hydroxylation sites is 2. The quantitative estimate of drug-likeness (QED) is 0.887. The molecule has 3 rings (SSSR count). The Morgan fingerprint density at radius 2 is 2.26 bits per heavy atom. The Morgan fingerprint density at radius 3 is 3.11 bits per heavy atom. The van der Waals surface area contributed by atoms with Gasteiger partial charge in [-0.05, 0) is 37.8 Å². The predicted molar refractivity (Wildman–Crippen MR) is 76.0 cm³/mol. The van der Waals surface area contributed by atoms with Crippen LogP contribution in [0.2, 0.25) is 0 Å². The van der Waals surface area contributed by atoms with Gasteiger partial charge >= 0.3 is 0 Å². The van der Waals surface area contributed by atoms with Crippen LogP contribution in [-0.2, 0) is 11.3 Å². The number of nitrogens with one attached hydrogen (secondary N) is 2. The fourth-order valence-corrected chi connectivity index (χ4v) is 2.87. The Kier molecular flexibility index (Phi) is 3.80. The summed E-state index contributed by atoms with van der Waals surface area (Å²) in [5.74, 6) is 1.01. The fraction of sp³-hybridized carbons (Fsp3) is 0.533. The Hall–Kier alpha value is -1.39. The van der Waals surface area contributed by atoms with E-state index in [0.29, 0.717) is 12.1 Å². The highest BCUT2D eigenvalue weighted by atomic mass is 16.5. The molecule has 0 spiro atoms. The molecule has 1 aromatic carbocycles. The van der Waals surface area contributed by atoms with Gasteiger partial charge in [0.05, 0.1) is 23.7 Å². The number of fused-ring (bicyclic) bond motifs is 1. The lowest BCUT2D eigenvalue weighted by molar-refractivity contribution is 0.0585. The highest BCUT2D eigenvalue weighted by Crippen LogP contribution is 2.21. The van der Waals surface area contributed by atoms with Crippen molar-refractivity contribution in [2.45, 2.75) is 44.4 Å². The molecule has 2 unspecified atom stereocenters. The molecule has 1 aliphatic rings. The first-order valence-corrected chi connectivity index (χ1v) is 7.05. The lowest BCUT2D eigenvalue weighted by Gasteiger charge is -2.28. The van der Waals surface area contributed by atoms with E-state index < -0.39 is 0 Å². The summed E-state index contributed by atoms with van der Waals surface area (Å²) in [4.78, 5) is 7.94. The molecule has 0 aliphatic heterocycles. The van der Waals surface area contributed by atoms with Crippen LogP contribution < -0.4 is 5.32 Å². The van der Waals surface area contributed by atoms with E-state index in [1.54, 1.807) is 0 Å². The van der Waals surface area contributed by atoms with E-state index >= 15 is 0 Å². The van der Waals surface area contributed by atoms with E-state index in [2.05, 4.69) is 21.4 Å². The van der Waals surface area contributed by atoms with Crippen molar-refractivity contribution in [2.75, 3.05) is 7.11 Å². The molecule has 2 atom stereocenters. The molecule has 4 heteroatoms. The maximum absolute atomic E-state index is 5.46. The van der Waals surface area contributed by atoms with Crippen LogP contribution >= 0.6 is 0 Å². The summed E-state index contributed by atoms with van der Waals surface area (Å²) >= 11 is 0. The zero-order chi connectivity index (χ0) is 13.1. The van der Waals surface area contributed by atoms with Gasteiger partial charge in [-0.3, -0.25) is 0 Å². The average molecular weight is 259 g/mol. The van der Waals surface area contributed by atoms with E-state index in [-0.39, 0.29) is 0 Å². The van der Waals surface area contributed by atoms with Crippen molar-refractivity contribution in [1.82, 2.24) is 15.3 Å². The fourth-order valence-electron chi connectivity index (χ4n) is 2.87. The van der Waals surface area contributed by atoms with E-state index in [0.717, 1.165) is 29.8 Å². The van der Waals surface area contributed by atoms with E-state index in [4.69, 9.17) is 4.74 Å². The Morgan fingerprint density at radius 1 is 1.37 bits per heavy atom. The van der Waals surface area contributed by atoms with Gasteiger partial charge in [0.25, 0.3) is 0 Å². The normalized spacial score (nSPS) is 23.8. The Balaban J connectivity index is 1.59. The molecule has 1 aromatic heterocycles. The first kappa shape index (κ1) is 12.6. The number of ether oxygens (including phenoxy) is 1. The van der Waals surface area contributed by atoms with Gasteiger partial charge in [0, 0.05) is 13.2 Å². The molecule has 0 saturated heterocycles. The summed E-state index contributed by atoms with van der Waals surface area (Å²) < 4.78 is 5.46. The number of aromatic nitrogens is 2. The molecule has 0 bridgehead atoms. The topological polar surface area (TPSA) is 49.9 Å². The number of benzene rings is 1. The van der Waals surface area contributed by atoms with Gasteiger partial charge in [-0.1, -0.05) is 12.1 Å². The van der Waals surface area contributed by atoms with E-state index in [1.165, 1.54) is 19.3 Å². The molecular weight excluding hydrogens is 238 g/mol. The third-order valence-corrected chi connectivity index (χ3v) is 3.96. The number of aromatic amines is 1. The number of imidazole rings is 1. The first-order valence-electron chi connectivity index (χ1n) is 7.05. The van der Waals surface area contributed by atoms with Gasteiger partial charge < -0.3 is 15.0 Å². The van der Waals surface area contributed by atoms with Crippen LogP contribution in [0.5, 0.6) is 0 Å². The molecule has 19 heavy (non-hydrogen) atoms. The monoisotopic (exact) mass is 259 g/mol. The summed E-state index contributed by atoms with van der Waals surface area (Å²) in [5, 5.41) is 3.59. The third kappa shape index (κ3) is 2.96. The van der Waals surface area contributed by atoms with Gasteiger partial charge in [0.1, 0.15) is 5.82 Å². The molecule has 4 nitrogen and oxygen atoms in total. The zero-order valence-electron chi connectivity index (χ0n) is 11.4. The minimum absolute atomic E-state index is 0.418. The molecule has 2 aromatic rings. The molecule has 102 valence electrons. The van der Waals surface area contributed by atoms with E-state index in [9.17, 15) is 0 Å². The highest BCUT2D eigenvalue weighted by Gasteiger charge is 2.21. The van der Waals surface area contributed by atoms with Gasteiger partial charge in [-0.25, -0.2) is 4.98 Å². The number of H-pyrrole nitrogens is 1. The van der Waals surface area contributed by atoms with Crippen LogP contribution in [0.4, 0.5) is 0 Å². The number of hydrogen-bond acceptors (Lipinski definition) is 3. The molecule has 1 heterocycles. The van der Waals surface area contributed by atoms with Crippen molar-refractivity contribution in [3.05, 3.63) is 30.1 Å². The SMILES string of the molecule is COC1CCCC(NCc2nc3ccccc3[nH]2)C1. The molecule has 2 N–H and O–H groups in total. The predicted octanol–water partition coefficient (Wildman–Crippen LogP) is 2.61. The Bertz CT molecular complexity index is 504. The summed E-state index contributed by atoms with van der Waals surface area (Å²) in [6.07, 6.45) is 5.20. The van der Waals surface area contributed by atoms with Gasteiger partial charge in [0.2, 0.25) is 0 Å². The zero-order valence-corrected chi connectivity index (χ0v) is 11.4. The highest BCUT2D eigenvalue weighted by molar-refractivity contribution is 5.74. The summed E-state index contributed by atoms with van der Waals surface area (Å²) in [5.41, 5.74) is 2.15. The van der Waals surface area contributed by atoms with Crippen LogP contribution in [0.25, 0.3) is 11.0 Å². The second-order valence-corrected chi connectivity index (χ2v) is 5.30. The molecular formula is C15H21N3O. The van der Waals surface area contributed by atoms with Crippen molar-refractivity contribution in [3.8, 4) is 0 Å². The second kappa shape index (κ2) is 5.72. The summed E-state index contributed by atoms with van der Waals surface area (Å²) in [6, 6.07) is 8.70. The van der Waals surface area contributed by atoms with Crippen LogP contribution in [0.3, 0.4) is 0 Å². The number of methoxy groups -OCH3 is 1. The molecule has 0 amide bonds. The van der Waals surface area contributed by atoms with Crippen LogP contribution in [0.15, 0.2) is 24.3 Å². The van der Waals surface area contributed by atoms with Gasteiger partial charge in [-0.15, -0.1) is 0 Å². The number of hydrogen-bond donors (Lipinski definition) is 2. The standard InChI is InChI=1S/C15H21N3O/c1-19-12-6-4-5-11(9-12)16-10-15-17-13-7-2-3-8-14(13)18-15/h2-3,7-8,11-12,16H,4-6,9-10H2,1H3,(H,17,18). The Labute approximate surface area is 113 Å². The maximum Gasteiger partial charge on any atom is 0.121 e. The molecule has 1 fully saturated rings. The van der Waals surface area contributed by atoms with Crippen molar-refractivity contribution in [1.29, 1.82) is 0 Å². The van der Waals surface area contributed by atoms with E-state index in [1.807, 2.05) is 25.3 Å². The first-order chi connectivity index (χ1) is 9.35. The van der Waals surface area contributed by atoms with Gasteiger partial charge in [0.15, 0.2) is 0 Å². The van der Waals surface area contributed by atoms with Crippen LogP contribution in [0, 0.1) is 0 Å². The van der Waals surface area contributed by atoms with Crippen molar-refractivity contribution in [2.24, 2.45) is 0 Å². The van der Waals surface area contributed by atoms with Crippen molar-refractivity contribution >= 4 is 11.0 Å². The summed E-state index contributed by atoms with van der Waals surface area (Å²) in [6.45, 7) is 0.801. The lowest BCUT2D eigenvalue weighted by atomic mass is 9.93. The minimum Gasteiger partial charge on any atom is -0.381 e. The second-order valence-electron chi connectivity index (χ2n) is 5.30. The molecule has 1 saturated carbocycles. The largest absolute Gasteiger partial charge is 0.381 e.